The van der Waals surface area contributed by atoms with E-state index >= 15 is 4.39 Å². The molecule has 0 spiro atoms. The highest BCUT2D eigenvalue weighted by Crippen LogP contribution is 2.37. The van der Waals surface area contributed by atoms with Crippen LogP contribution in [0.25, 0.3) is 16.7 Å². The van der Waals surface area contributed by atoms with Crippen molar-refractivity contribution in [2.45, 2.75) is 49.4 Å². The molecule has 18 heteroatoms. The number of sulfonamides is 1. The molecule has 0 saturated carbocycles. The number of fused-ring (bicyclic) bond motifs is 1. The van der Waals surface area contributed by atoms with Crippen LogP contribution in [-0.2, 0) is 21.0 Å². The Labute approximate surface area is 250 Å². The number of aliphatic imine (C=N–C) groups is 1. The largest absolute Gasteiger partial charge is 0.451 e. The van der Waals surface area contributed by atoms with Crippen molar-refractivity contribution in [3.8, 4) is 0 Å². The van der Waals surface area contributed by atoms with Crippen LogP contribution in [0.4, 0.5) is 35.1 Å². The third-order valence-electron chi connectivity index (χ3n) is 6.82. The van der Waals surface area contributed by atoms with Gasteiger partial charge in [-0.25, -0.2) is 27.2 Å². The number of allylic oxidation sites excluding steroid dienone is 1. The van der Waals surface area contributed by atoms with E-state index in [2.05, 4.69) is 27.0 Å². The third-order valence-corrected chi connectivity index (χ3v) is 8.53. The Balaban J connectivity index is 1.63. The summed E-state index contributed by atoms with van der Waals surface area (Å²) in [5, 5.41) is 1.54. The molecule has 242 valence electrons. The number of halogens is 8. The van der Waals surface area contributed by atoms with E-state index in [1.165, 1.54) is 6.07 Å². The van der Waals surface area contributed by atoms with E-state index in [9.17, 15) is 43.9 Å². The molecule has 1 aliphatic rings. The first-order valence-corrected chi connectivity index (χ1v) is 14.2. The van der Waals surface area contributed by atoms with Gasteiger partial charge in [-0.1, -0.05) is 0 Å². The molecule has 45 heavy (non-hydrogen) atoms. The SMILES string of the molecule is C=N/C(=C\C(CNC(=O)[C@@H]1C[C@@](C)(F)CN1S(=O)(=O)c1cc2cc(F)ccc2o1)=C(/C)C(F)(F)F)c1cnc(C(F)(F)F)nc1. The Bertz CT molecular complexity index is 1800. The molecule has 0 unspecified atom stereocenters. The monoisotopic (exact) mass is 665 g/mol. The van der Waals surface area contributed by atoms with E-state index in [1.807, 2.05) is 0 Å². The minimum atomic E-state index is -4.94. The number of benzene rings is 1. The van der Waals surface area contributed by atoms with Crippen molar-refractivity contribution in [2.24, 2.45) is 4.99 Å². The maximum Gasteiger partial charge on any atom is 0.451 e. The third kappa shape index (κ3) is 7.38. The lowest BCUT2D eigenvalue weighted by atomic mass is 10.0. The molecule has 4 rings (SSSR count). The molecule has 3 aromatic rings. The zero-order chi connectivity index (χ0) is 33.5. The molecule has 1 aromatic carbocycles. The number of hydrogen-bond acceptors (Lipinski definition) is 7. The molecule has 1 N–H and O–H groups in total. The van der Waals surface area contributed by atoms with Gasteiger partial charge in [-0.3, -0.25) is 9.79 Å². The number of nitrogens with one attached hydrogen (secondary N) is 1. The van der Waals surface area contributed by atoms with Crippen molar-refractivity contribution in [3.05, 3.63) is 71.1 Å². The van der Waals surface area contributed by atoms with Crippen molar-refractivity contribution in [3.63, 3.8) is 0 Å². The molecule has 1 aliphatic heterocycles. The number of furan rings is 1. The van der Waals surface area contributed by atoms with Crippen LogP contribution in [-0.4, -0.2) is 66.3 Å². The van der Waals surface area contributed by atoms with Crippen LogP contribution in [0.3, 0.4) is 0 Å². The topological polar surface area (TPSA) is 118 Å². The maximum atomic E-state index is 15.1. The van der Waals surface area contributed by atoms with Crippen molar-refractivity contribution in [1.29, 1.82) is 0 Å². The molecule has 0 aliphatic carbocycles. The first-order chi connectivity index (χ1) is 20.7. The van der Waals surface area contributed by atoms with Crippen LogP contribution in [0.2, 0.25) is 0 Å². The number of hydrogen-bond donors (Lipinski definition) is 1. The van der Waals surface area contributed by atoms with Gasteiger partial charge in [0.05, 0.1) is 5.70 Å². The number of rotatable bonds is 8. The quantitative estimate of drug-likeness (QED) is 0.190. The fourth-order valence-electron chi connectivity index (χ4n) is 4.48. The Morgan fingerprint density at radius 1 is 1.20 bits per heavy atom. The minimum absolute atomic E-state index is 0.00699. The summed E-state index contributed by atoms with van der Waals surface area (Å²) in [6, 6.07) is 2.45. The van der Waals surface area contributed by atoms with Crippen LogP contribution in [0, 0.1) is 5.82 Å². The smallest absolute Gasteiger partial charge is 0.443 e. The Hall–Kier alpha value is -4.19. The first kappa shape index (κ1) is 33.7. The molecule has 9 nitrogen and oxygen atoms in total. The van der Waals surface area contributed by atoms with Crippen molar-refractivity contribution < 1.29 is 52.8 Å². The minimum Gasteiger partial charge on any atom is -0.443 e. The molecular formula is C27H23F8N5O4S. The van der Waals surface area contributed by atoms with E-state index in [0.717, 1.165) is 31.2 Å². The van der Waals surface area contributed by atoms with Gasteiger partial charge in [0.2, 0.25) is 16.8 Å². The van der Waals surface area contributed by atoms with Crippen molar-refractivity contribution in [1.82, 2.24) is 19.6 Å². The normalized spacial score (nSPS) is 20.8. The summed E-state index contributed by atoms with van der Waals surface area (Å²) in [7, 11) is -4.71. The predicted octanol–water partition coefficient (Wildman–Crippen LogP) is 5.61. The lowest BCUT2D eigenvalue weighted by molar-refractivity contribution is -0.145. The second-order valence-corrected chi connectivity index (χ2v) is 12.1. The Morgan fingerprint density at radius 2 is 1.84 bits per heavy atom. The number of aromatic nitrogens is 2. The average molecular weight is 666 g/mol. The molecule has 0 radical (unpaired) electrons. The summed E-state index contributed by atoms with van der Waals surface area (Å²) in [6.45, 7) is 3.22. The zero-order valence-corrected chi connectivity index (χ0v) is 24.1. The number of carbonyl (C=O) groups is 1. The van der Waals surface area contributed by atoms with Gasteiger partial charge in [-0.15, -0.1) is 0 Å². The summed E-state index contributed by atoms with van der Waals surface area (Å²) >= 11 is 0. The first-order valence-electron chi connectivity index (χ1n) is 12.8. The molecule has 1 amide bonds. The van der Waals surface area contributed by atoms with Crippen LogP contribution < -0.4 is 5.32 Å². The highest BCUT2D eigenvalue weighted by molar-refractivity contribution is 7.89. The van der Waals surface area contributed by atoms with Gasteiger partial charge in [0.1, 0.15) is 23.1 Å². The fourth-order valence-corrected chi connectivity index (χ4v) is 6.13. The lowest BCUT2D eigenvalue weighted by Gasteiger charge is -2.22. The summed E-state index contributed by atoms with van der Waals surface area (Å²) in [4.78, 5) is 23.0. The summed E-state index contributed by atoms with van der Waals surface area (Å²) in [5.41, 5.74) is -4.71. The van der Waals surface area contributed by atoms with E-state index < -0.39 is 87.4 Å². The second kappa shape index (κ2) is 12.0. The molecule has 3 heterocycles. The van der Waals surface area contributed by atoms with Gasteiger partial charge >= 0.3 is 12.4 Å². The molecule has 1 saturated heterocycles. The number of amides is 1. The summed E-state index contributed by atoms with van der Waals surface area (Å²) in [5.74, 6) is -3.35. The van der Waals surface area contributed by atoms with E-state index in [0.29, 0.717) is 23.6 Å². The Morgan fingerprint density at radius 3 is 2.42 bits per heavy atom. The number of alkyl halides is 7. The van der Waals surface area contributed by atoms with Crippen LogP contribution in [0.5, 0.6) is 0 Å². The molecular weight excluding hydrogens is 642 g/mol. The molecule has 2 atom stereocenters. The predicted molar refractivity (Wildman–Crippen MR) is 144 cm³/mol. The van der Waals surface area contributed by atoms with Gasteiger partial charge in [0.25, 0.3) is 10.0 Å². The van der Waals surface area contributed by atoms with Gasteiger partial charge in [-0.2, -0.15) is 30.6 Å². The van der Waals surface area contributed by atoms with Crippen molar-refractivity contribution >= 4 is 39.3 Å². The highest BCUT2D eigenvalue weighted by atomic mass is 32.2. The Kier molecular flexibility index (Phi) is 8.96. The van der Waals surface area contributed by atoms with Crippen LogP contribution >= 0.6 is 0 Å². The summed E-state index contributed by atoms with van der Waals surface area (Å²) < 4.78 is 141. The highest BCUT2D eigenvalue weighted by Gasteiger charge is 2.51. The van der Waals surface area contributed by atoms with Crippen LogP contribution in [0.15, 0.2) is 68.4 Å². The average Bonchev–Trinajstić information content (AvgIpc) is 3.52. The summed E-state index contributed by atoms with van der Waals surface area (Å²) in [6.07, 6.45) is -8.36. The zero-order valence-electron chi connectivity index (χ0n) is 23.3. The second-order valence-electron chi connectivity index (χ2n) is 10.3. The molecule has 1 fully saturated rings. The van der Waals surface area contributed by atoms with E-state index in [-0.39, 0.29) is 22.2 Å². The molecule has 2 aromatic heterocycles. The van der Waals surface area contributed by atoms with Gasteiger partial charge < -0.3 is 9.73 Å². The lowest BCUT2D eigenvalue weighted by Crippen LogP contribution is -2.46. The maximum absolute atomic E-state index is 15.1. The number of carbonyl (C=O) groups excluding carboxylic acids is 1. The fraction of sp³-hybridized carbons (Fsp3) is 0.333. The van der Waals surface area contributed by atoms with Gasteiger partial charge in [0.15, 0.2) is 0 Å². The van der Waals surface area contributed by atoms with Gasteiger partial charge in [-0.05, 0) is 50.4 Å². The van der Waals surface area contributed by atoms with E-state index in [1.54, 1.807) is 0 Å². The van der Waals surface area contributed by atoms with E-state index in [4.69, 9.17) is 4.42 Å². The standard InChI is InChI=1S/C27H23F8N5O4S/c1-14(26(30,31)32)16(7-19(36-3)17-11-38-24(39-12-17)27(33,34)35)10-37-23(41)20-9-25(2,29)13-40(20)45(42,43)22-8-15-6-18(28)4-5-21(15)44-22/h4-8,11-12,20H,3,9-10,13H2,1-2H3,(H,37,41)/b16-14-,19-7-/t20-,25+/m0/s1. The van der Waals surface area contributed by atoms with Crippen molar-refractivity contribution in [2.75, 3.05) is 13.1 Å². The molecule has 0 bridgehead atoms. The van der Waals surface area contributed by atoms with Gasteiger partial charge in [0, 0.05) is 54.5 Å². The number of nitrogens with zero attached hydrogens (tertiary/aromatic N) is 4. The van der Waals surface area contributed by atoms with Crippen LogP contribution in [0.1, 0.15) is 31.7 Å².